The smallest absolute Gasteiger partial charge is 0.303 e. The van der Waals surface area contributed by atoms with Crippen molar-refractivity contribution in [3.8, 4) is 0 Å². The van der Waals surface area contributed by atoms with Crippen LogP contribution in [0, 0.1) is 0 Å². The molecule has 0 aliphatic carbocycles. The highest BCUT2D eigenvalue weighted by Gasteiger charge is 2.58. The van der Waals surface area contributed by atoms with E-state index in [2.05, 4.69) is 42.5 Å². The summed E-state index contributed by atoms with van der Waals surface area (Å²) in [7, 11) is 0. The van der Waals surface area contributed by atoms with Crippen molar-refractivity contribution in [3.63, 3.8) is 0 Å². The highest BCUT2D eigenvalue weighted by molar-refractivity contribution is 5.93. The molecule has 0 unspecified atom stereocenters. The quantitative estimate of drug-likeness (QED) is 0.0277. The molecule has 4 saturated heterocycles. The van der Waals surface area contributed by atoms with Gasteiger partial charge in [-0.2, -0.15) is 0 Å². The number of carboxylic acid groups (broad SMARTS) is 2. The van der Waals surface area contributed by atoms with Gasteiger partial charge in [-0.15, -0.1) is 0 Å². The summed E-state index contributed by atoms with van der Waals surface area (Å²) in [5.74, 6) is -12.3. The standard InChI is InChI=1S/C56H92N10O31/c1-10-88-53-35(61-23(6)71)40(80)42(30(16-68)92-53)96-56-38(64-26(9)74)46(90-22(5)52(87)60-20(3)50(85)66-28(48(58)83)12-14-34(77)78)44(32(18-70)94-56)97-54-36(62-24(7)72)41(81)43(31(17-69)93-54)95-55-37(63-25(8)73)45(39(79)29(15-67)91-55)89-21(4)51(86)59-19(2)49(84)65-27(47(57)82)11-13-33(75)76/h19-22,27-32,35-46,53-56,67-70,79-81H,10-18H2,1-9H3,(H2,57,82)(H2,58,83)(H,59,86)(H,60,87)(H,61,71)(H,62,72)(H,63,73)(H,64,74)(H,65,84)(H,66,85)(H,75,76)(H,77,78)/t19-,20-,21+,22+,27+,28+,29+,30+,31+,32+,35+,36+,37+,38+,39+,40+,41+,42+,43+,44+,45+,46+,53+,54-,55-,56-/m0/s1. The van der Waals surface area contributed by atoms with Gasteiger partial charge in [0, 0.05) is 47.1 Å². The number of aliphatic carboxylic acids is 2. The number of aliphatic hydroxyl groups is 7. The minimum Gasteiger partial charge on any atom is -0.481 e. The number of nitrogens with one attached hydrogen (secondary N) is 8. The number of ether oxygens (including phenoxy) is 10. The second kappa shape index (κ2) is 38.4. The summed E-state index contributed by atoms with van der Waals surface area (Å²) in [6.07, 6.45) is -34.9. The van der Waals surface area contributed by atoms with Crippen LogP contribution in [0.4, 0.5) is 0 Å². The van der Waals surface area contributed by atoms with Gasteiger partial charge >= 0.3 is 11.9 Å². The Morgan fingerprint density at radius 2 is 0.742 bits per heavy atom. The second-order valence-electron chi connectivity index (χ2n) is 23.3. The van der Waals surface area contributed by atoms with E-state index < -0.39 is 276 Å². The molecular formula is C56H92N10O31. The average Bonchev–Trinajstić information content (AvgIpc) is 0.770. The summed E-state index contributed by atoms with van der Waals surface area (Å²) in [4.78, 5) is 152. The number of hydrogen-bond acceptors (Lipinski definition) is 29. The van der Waals surface area contributed by atoms with Gasteiger partial charge in [0.25, 0.3) is 0 Å². The van der Waals surface area contributed by atoms with Crippen molar-refractivity contribution in [1.82, 2.24) is 42.5 Å². The molecule has 97 heavy (non-hydrogen) atoms. The highest BCUT2D eigenvalue weighted by Crippen LogP contribution is 2.37. The van der Waals surface area contributed by atoms with Crippen molar-refractivity contribution in [2.45, 2.75) is 247 Å². The van der Waals surface area contributed by atoms with Crippen LogP contribution < -0.4 is 54.0 Å². The van der Waals surface area contributed by atoms with E-state index >= 15 is 0 Å². The van der Waals surface area contributed by atoms with Crippen molar-refractivity contribution >= 4 is 71.0 Å². The van der Waals surface area contributed by atoms with E-state index in [1.54, 1.807) is 6.92 Å². The highest BCUT2D eigenvalue weighted by atomic mass is 16.8. The zero-order valence-electron chi connectivity index (χ0n) is 54.5. The first-order valence-corrected chi connectivity index (χ1v) is 30.8. The Morgan fingerprint density at radius 1 is 0.423 bits per heavy atom. The normalized spacial score (nSPS) is 32.2. The number of carbonyl (C=O) groups is 12. The minimum absolute atomic E-state index is 0.0137. The molecule has 4 fully saturated rings. The third-order valence-corrected chi connectivity index (χ3v) is 15.6. The van der Waals surface area contributed by atoms with Gasteiger partial charge in [-0.05, 0) is 47.5 Å². The molecule has 0 aromatic rings. The Hall–Kier alpha value is -7.04. The number of carbonyl (C=O) groups excluding carboxylic acids is 10. The van der Waals surface area contributed by atoms with E-state index in [0.29, 0.717) is 0 Å². The fourth-order valence-corrected chi connectivity index (χ4v) is 10.8. The fraction of sp³-hybridized carbons (Fsp3) is 0.786. The summed E-state index contributed by atoms with van der Waals surface area (Å²) >= 11 is 0. The molecule has 41 nitrogen and oxygen atoms in total. The molecule has 10 amide bonds. The lowest BCUT2D eigenvalue weighted by molar-refractivity contribution is -0.366. The Labute approximate surface area is 554 Å². The molecule has 0 aromatic heterocycles. The number of hydrogen-bond donors (Lipinski definition) is 19. The molecular weight excluding hydrogens is 1310 g/mol. The maximum absolute atomic E-state index is 14.1. The molecule has 0 bridgehead atoms. The molecule has 0 aromatic carbocycles. The predicted octanol–water partition coefficient (Wildman–Crippen LogP) is -10.6. The van der Waals surface area contributed by atoms with Crippen LogP contribution in [0.3, 0.4) is 0 Å². The summed E-state index contributed by atoms with van der Waals surface area (Å²) in [6, 6.07) is -12.8. The molecule has 4 rings (SSSR count). The Bertz CT molecular complexity index is 2720. The molecule has 0 saturated carbocycles. The van der Waals surface area contributed by atoms with Crippen LogP contribution in [0.1, 0.15) is 88.0 Å². The van der Waals surface area contributed by atoms with Crippen LogP contribution in [0.2, 0.25) is 0 Å². The summed E-state index contributed by atoms with van der Waals surface area (Å²) < 4.78 is 61.4. The molecule has 26 atom stereocenters. The van der Waals surface area contributed by atoms with E-state index in [1.807, 2.05) is 0 Å². The molecule has 4 heterocycles. The number of aliphatic hydroxyl groups excluding tert-OH is 7. The van der Waals surface area contributed by atoms with Crippen molar-refractivity contribution < 1.29 is 151 Å². The van der Waals surface area contributed by atoms with E-state index in [-0.39, 0.29) is 13.0 Å². The number of primary amides is 2. The van der Waals surface area contributed by atoms with Crippen LogP contribution in [-0.4, -0.2) is 309 Å². The fourth-order valence-electron chi connectivity index (χ4n) is 10.8. The number of amides is 10. The lowest BCUT2D eigenvalue weighted by Gasteiger charge is -2.52. The van der Waals surface area contributed by atoms with Gasteiger partial charge < -0.3 is 147 Å². The van der Waals surface area contributed by atoms with Gasteiger partial charge in [0.15, 0.2) is 25.2 Å². The summed E-state index contributed by atoms with van der Waals surface area (Å²) in [5, 5.41) is 117. The van der Waals surface area contributed by atoms with E-state index in [4.69, 9.17) is 69.0 Å². The zero-order valence-corrected chi connectivity index (χ0v) is 54.5. The molecule has 4 aliphatic heterocycles. The number of nitrogens with two attached hydrogens (primary N) is 2. The van der Waals surface area contributed by atoms with Crippen LogP contribution in [0.25, 0.3) is 0 Å². The first-order valence-electron chi connectivity index (χ1n) is 30.8. The van der Waals surface area contributed by atoms with E-state index in [9.17, 15) is 93.3 Å². The van der Waals surface area contributed by atoms with Crippen molar-refractivity contribution in [1.29, 1.82) is 0 Å². The average molecular weight is 1400 g/mol. The van der Waals surface area contributed by atoms with Crippen molar-refractivity contribution in [2.75, 3.05) is 33.0 Å². The maximum Gasteiger partial charge on any atom is 0.303 e. The van der Waals surface area contributed by atoms with Gasteiger partial charge in [0.05, 0.1) is 26.4 Å². The zero-order chi connectivity index (χ0) is 73.0. The summed E-state index contributed by atoms with van der Waals surface area (Å²) in [5.41, 5.74) is 10.7. The lowest BCUT2D eigenvalue weighted by Crippen LogP contribution is -2.72. The van der Waals surface area contributed by atoms with Gasteiger partial charge in [-0.25, -0.2) is 0 Å². The number of rotatable bonds is 36. The monoisotopic (exact) mass is 1400 g/mol. The molecule has 4 aliphatic rings. The topological polar surface area (TPSA) is 627 Å². The SMILES string of the molecule is CCO[C@@H]1O[C@H](CO)[C@@H](O[C@@H]2O[C@H](CO)[C@@H](O[C@@H]3O[C@H](CO)[C@@H](O[C@@H]4O[C@H](CO)[C@@H](O)[C@H](O[C@H](C)C(=O)N[C@@H](C)C(=O)N[C@H](CCC(=O)O)C(N)=O)[C@H]4NC(C)=O)[C@H](O)[C@H]3NC(C)=O)[C@H](O[C@H](C)C(=O)N[C@@H](C)C(=O)N[C@H](CCC(=O)O)C(N)=O)[C@H]2NC(C)=O)[C@H](O)[C@H]1NC(C)=O. The van der Waals surface area contributed by atoms with Gasteiger partial charge in [-0.1, -0.05) is 0 Å². The predicted molar refractivity (Wildman–Crippen MR) is 318 cm³/mol. The molecule has 21 N–H and O–H groups in total. The Balaban J connectivity index is 1.78. The van der Waals surface area contributed by atoms with Crippen LogP contribution in [0.15, 0.2) is 0 Å². The van der Waals surface area contributed by atoms with Crippen LogP contribution in [-0.2, 0) is 105 Å². The van der Waals surface area contributed by atoms with Gasteiger partial charge in [0.1, 0.15) is 134 Å². The first-order chi connectivity index (χ1) is 45.5. The number of carboxylic acids is 2. The Morgan fingerprint density at radius 3 is 1.10 bits per heavy atom. The third-order valence-electron chi connectivity index (χ3n) is 15.6. The third kappa shape index (κ3) is 23.3. The first kappa shape index (κ1) is 82.4. The van der Waals surface area contributed by atoms with Crippen molar-refractivity contribution in [3.05, 3.63) is 0 Å². The molecule has 0 spiro atoms. The van der Waals surface area contributed by atoms with Crippen LogP contribution in [0.5, 0.6) is 0 Å². The lowest BCUT2D eigenvalue weighted by atomic mass is 9.92. The van der Waals surface area contributed by atoms with Crippen molar-refractivity contribution in [2.24, 2.45) is 11.5 Å². The molecule has 0 radical (unpaired) electrons. The van der Waals surface area contributed by atoms with Gasteiger partial charge in [0.2, 0.25) is 59.1 Å². The molecule has 552 valence electrons. The largest absolute Gasteiger partial charge is 0.481 e. The van der Waals surface area contributed by atoms with Gasteiger partial charge in [-0.3, -0.25) is 57.5 Å². The van der Waals surface area contributed by atoms with E-state index in [1.165, 1.54) is 13.8 Å². The maximum atomic E-state index is 14.1. The summed E-state index contributed by atoms with van der Waals surface area (Å²) in [6.45, 7) is 6.17. The van der Waals surface area contributed by atoms with Crippen LogP contribution >= 0.6 is 0 Å². The Kier molecular flexibility index (Phi) is 32.6. The van der Waals surface area contributed by atoms with E-state index in [0.717, 1.165) is 41.5 Å². The molecule has 41 heteroatoms. The second-order valence-corrected chi connectivity index (χ2v) is 23.3. The minimum atomic E-state index is -2.16.